The number of hydrogen-bond acceptors (Lipinski definition) is 3. The third kappa shape index (κ3) is 5.40. The summed E-state index contributed by atoms with van der Waals surface area (Å²) in [5, 5.41) is 2.13. The first-order valence-electron chi connectivity index (χ1n) is 4.92. The molecule has 0 saturated carbocycles. The van der Waals surface area contributed by atoms with Crippen molar-refractivity contribution in [3.63, 3.8) is 0 Å². The van der Waals surface area contributed by atoms with E-state index in [0.717, 1.165) is 0 Å². The molecule has 1 atom stereocenters. The van der Waals surface area contributed by atoms with Crippen molar-refractivity contribution in [1.82, 2.24) is 5.32 Å². The van der Waals surface area contributed by atoms with Gasteiger partial charge in [-0.2, -0.15) is 0 Å². The van der Waals surface area contributed by atoms with Crippen molar-refractivity contribution in [3.05, 3.63) is 0 Å². The fraction of sp³-hybridized carbons (Fsp3) is 0.778. The minimum Gasteiger partial charge on any atom is -0.444 e. The van der Waals surface area contributed by atoms with Crippen LogP contribution in [-0.2, 0) is 9.53 Å². The molecule has 0 aliphatic carbocycles. The molecule has 5 nitrogen and oxygen atoms in total. The lowest BCUT2D eigenvalue weighted by Crippen LogP contribution is -2.45. The predicted octanol–water partition coefficient (Wildman–Crippen LogP) is 0.775. The molecule has 0 aromatic rings. The first kappa shape index (κ1) is 10.8. The van der Waals surface area contributed by atoms with Gasteiger partial charge in [0.15, 0.2) is 0 Å². The Morgan fingerprint density at radius 3 is 2.36 bits per heavy atom. The van der Waals surface area contributed by atoms with Gasteiger partial charge in [0.1, 0.15) is 11.6 Å². The second-order valence-corrected chi connectivity index (χ2v) is 3.82. The Bertz CT molecular complexity index is 263. The fourth-order valence-electron chi connectivity index (χ4n) is 0.751. The van der Waals surface area contributed by atoms with Crippen LogP contribution in [0.2, 0.25) is 0 Å². The van der Waals surface area contributed by atoms with E-state index in [9.17, 15) is 9.59 Å². The summed E-state index contributed by atoms with van der Waals surface area (Å²) in [6.45, 7) is 6.65. The number of hydrogen-bond donors (Lipinski definition) is 2. The normalized spacial score (nSPS) is 16.4. The van der Waals surface area contributed by atoms with E-state index >= 15 is 0 Å². The number of rotatable bonds is 3. The maximum atomic E-state index is 11.3. The molecule has 0 spiro atoms. The maximum absolute atomic E-state index is 11.3. The van der Waals surface area contributed by atoms with Crippen LogP contribution >= 0.6 is 0 Å². The monoisotopic (exact) mass is 203 g/mol. The summed E-state index contributed by atoms with van der Waals surface area (Å²) in [5.74, 6) is -0.907. The van der Waals surface area contributed by atoms with E-state index in [4.69, 9.17) is 11.8 Å². The lowest BCUT2D eigenvalue weighted by molar-refractivity contribution is -0.120. The number of alkyl carbamates (subject to hydrolysis) is 1. The van der Waals surface area contributed by atoms with Gasteiger partial charge in [0, 0.05) is 0 Å². The van der Waals surface area contributed by atoms with Crippen molar-refractivity contribution < 1.29 is 15.7 Å². The number of nitrogens with two attached hydrogens (primary N) is 1. The zero-order chi connectivity index (χ0) is 12.3. The molecule has 0 aliphatic heterocycles. The van der Waals surface area contributed by atoms with E-state index in [1.165, 1.54) is 0 Å². The Morgan fingerprint density at radius 2 is 2.07 bits per heavy atom. The van der Waals surface area contributed by atoms with E-state index in [1.54, 1.807) is 27.7 Å². The van der Waals surface area contributed by atoms with Gasteiger partial charge in [0.2, 0.25) is 5.91 Å². The zero-order valence-electron chi connectivity index (χ0n) is 10.0. The summed E-state index contributed by atoms with van der Waals surface area (Å²) in [6, 6.07) is -1.80. The standard InChI is InChI=1S/C9H18N2O3/c1-5-6(7(10)12)11-8(13)14-9(2,3)4/h6H,5H2,1-4H3,(H2,10,12)(H,11,13)/t6-/m0/s1/i6D. The molecule has 0 rings (SSSR count). The highest BCUT2D eigenvalue weighted by molar-refractivity contribution is 5.84. The van der Waals surface area contributed by atoms with Crippen LogP contribution in [0.25, 0.3) is 0 Å². The largest absolute Gasteiger partial charge is 0.444 e. The van der Waals surface area contributed by atoms with E-state index in [2.05, 4.69) is 5.32 Å². The molecular weight excluding hydrogens is 184 g/mol. The molecule has 5 heteroatoms. The average molecular weight is 203 g/mol. The van der Waals surface area contributed by atoms with Crippen LogP contribution in [0.4, 0.5) is 4.79 Å². The number of ether oxygens (including phenoxy) is 1. The fourth-order valence-corrected chi connectivity index (χ4v) is 0.751. The summed E-state index contributed by atoms with van der Waals surface area (Å²) >= 11 is 0. The molecule has 2 amide bonds. The summed E-state index contributed by atoms with van der Waals surface area (Å²) < 4.78 is 12.5. The average Bonchev–Trinajstić information content (AvgIpc) is 1.99. The molecule has 14 heavy (non-hydrogen) atoms. The molecule has 0 fully saturated rings. The highest BCUT2D eigenvalue weighted by atomic mass is 16.6. The molecule has 0 unspecified atom stereocenters. The highest BCUT2D eigenvalue weighted by Crippen LogP contribution is 2.06. The molecule has 0 aromatic heterocycles. The number of carbonyl (C=O) groups excluding carboxylic acids is 2. The molecule has 3 N–H and O–H groups in total. The van der Waals surface area contributed by atoms with Crippen LogP contribution in [0, 0.1) is 0 Å². The van der Waals surface area contributed by atoms with Crippen molar-refractivity contribution in [2.24, 2.45) is 5.73 Å². The van der Waals surface area contributed by atoms with Crippen LogP contribution in [0.1, 0.15) is 35.5 Å². The minimum absolute atomic E-state index is 0.0849. The molecule has 0 saturated heterocycles. The Hall–Kier alpha value is -1.26. The summed E-state index contributed by atoms with van der Waals surface area (Å²) in [4.78, 5) is 22.2. The zero-order valence-corrected chi connectivity index (χ0v) is 9.01. The van der Waals surface area contributed by atoms with Gasteiger partial charge in [0.05, 0.1) is 1.37 Å². The van der Waals surface area contributed by atoms with Gasteiger partial charge in [-0.3, -0.25) is 4.79 Å². The van der Waals surface area contributed by atoms with Crippen LogP contribution < -0.4 is 11.1 Å². The van der Waals surface area contributed by atoms with Crippen LogP contribution in [-0.4, -0.2) is 23.6 Å². The molecule has 0 heterocycles. The topological polar surface area (TPSA) is 81.4 Å². The van der Waals surface area contributed by atoms with Gasteiger partial charge in [-0.25, -0.2) is 4.79 Å². The quantitative estimate of drug-likeness (QED) is 0.711. The first-order chi connectivity index (χ1) is 6.60. The molecule has 0 aromatic carbocycles. The Balaban J connectivity index is 4.45. The van der Waals surface area contributed by atoms with Gasteiger partial charge >= 0.3 is 6.09 Å². The lowest BCUT2D eigenvalue weighted by Gasteiger charge is -2.21. The number of primary amides is 1. The first-order valence-corrected chi connectivity index (χ1v) is 4.42. The Kier molecular flexibility index (Phi) is 3.73. The Morgan fingerprint density at radius 1 is 1.57 bits per heavy atom. The molecular formula is C9H18N2O3. The van der Waals surface area contributed by atoms with E-state index in [0.29, 0.717) is 0 Å². The lowest BCUT2D eigenvalue weighted by atomic mass is 10.2. The number of nitrogens with one attached hydrogen (secondary N) is 1. The van der Waals surface area contributed by atoms with Gasteiger partial charge in [-0.15, -0.1) is 0 Å². The van der Waals surface area contributed by atoms with Crippen molar-refractivity contribution in [2.75, 3.05) is 0 Å². The molecule has 0 bridgehead atoms. The third-order valence-electron chi connectivity index (χ3n) is 1.30. The minimum atomic E-state index is -1.80. The van der Waals surface area contributed by atoms with Gasteiger partial charge < -0.3 is 15.8 Å². The SMILES string of the molecule is [2H][C@@](CC)(NC(=O)OC(C)(C)C)C(N)=O. The number of amides is 2. The van der Waals surface area contributed by atoms with Crippen molar-refractivity contribution >= 4 is 12.0 Å². The Labute approximate surface area is 85.4 Å². The van der Waals surface area contributed by atoms with Crippen LogP contribution in [0.15, 0.2) is 0 Å². The van der Waals surface area contributed by atoms with E-state index in [1.807, 2.05) is 0 Å². The van der Waals surface area contributed by atoms with Gasteiger partial charge in [-0.1, -0.05) is 6.92 Å². The van der Waals surface area contributed by atoms with Gasteiger partial charge in [0.25, 0.3) is 0 Å². The maximum Gasteiger partial charge on any atom is 0.408 e. The van der Waals surface area contributed by atoms with Crippen molar-refractivity contribution in [2.45, 2.75) is 45.7 Å². The second-order valence-electron chi connectivity index (χ2n) is 3.82. The number of carbonyl (C=O) groups is 2. The summed E-state index contributed by atoms with van der Waals surface area (Å²) in [6.07, 6.45) is -0.736. The molecule has 0 aliphatic rings. The van der Waals surface area contributed by atoms with E-state index < -0.39 is 23.6 Å². The highest BCUT2D eigenvalue weighted by Gasteiger charge is 2.20. The predicted molar refractivity (Wildman–Crippen MR) is 52.6 cm³/mol. The summed E-state index contributed by atoms with van der Waals surface area (Å²) in [7, 11) is 0. The van der Waals surface area contributed by atoms with Gasteiger partial charge in [-0.05, 0) is 27.2 Å². The molecule has 0 radical (unpaired) electrons. The smallest absolute Gasteiger partial charge is 0.408 e. The summed E-state index contributed by atoms with van der Waals surface area (Å²) in [5.41, 5.74) is 4.33. The van der Waals surface area contributed by atoms with Crippen molar-refractivity contribution in [1.29, 1.82) is 0 Å². The third-order valence-corrected chi connectivity index (χ3v) is 1.30. The van der Waals surface area contributed by atoms with E-state index in [-0.39, 0.29) is 6.42 Å². The molecule has 82 valence electrons. The van der Waals surface area contributed by atoms with Crippen LogP contribution in [0.5, 0.6) is 0 Å². The van der Waals surface area contributed by atoms with Crippen LogP contribution in [0.3, 0.4) is 0 Å². The van der Waals surface area contributed by atoms with Crippen molar-refractivity contribution in [3.8, 4) is 0 Å². The second kappa shape index (κ2) is 4.83.